The Hall–Kier alpha value is -2.73. The highest BCUT2D eigenvalue weighted by Crippen LogP contribution is 2.41. The van der Waals surface area contributed by atoms with E-state index in [9.17, 15) is 4.79 Å². The van der Waals surface area contributed by atoms with E-state index in [1.165, 1.54) is 29.4 Å². The first-order valence-corrected chi connectivity index (χ1v) is 12.0. The summed E-state index contributed by atoms with van der Waals surface area (Å²) in [6.07, 6.45) is 4.36. The molecule has 2 aliphatic rings. The fraction of sp³-hybridized carbons (Fsp3) is 0.400. The minimum absolute atomic E-state index is 0.156. The van der Waals surface area contributed by atoms with Gasteiger partial charge in [-0.05, 0) is 62.6 Å². The second kappa shape index (κ2) is 7.16. The molecular formula is C25H26N4OS. The summed E-state index contributed by atoms with van der Waals surface area (Å²) in [4.78, 5) is 30.4. The van der Waals surface area contributed by atoms with Gasteiger partial charge in [0.05, 0.1) is 10.6 Å². The Morgan fingerprint density at radius 1 is 1.06 bits per heavy atom. The Labute approximate surface area is 185 Å². The minimum atomic E-state index is 0.156. The molecule has 0 atom stereocenters. The zero-order chi connectivity index (χ0) is 21.1. The van der Waals surface area contributed by atoms with Crippen LogP contribution in [-0.4, -0.2) is 38.8 Å². The largest absolute Gasteiger partial charge is 0.358 e. The van der Waals surface area contributed by atoms with Gasteiger partial charge in [-0.1, -0.05) is 18.2 Å². The molecule has 1 saturated heterocycles. The van der Waals surface area contributed by atoms with Crippen molar-refractivity contribution in [3.63, 3.8) is 0 Å². The molecule has 31 heavy (non-hydrogen) atoms. The fourth-order valence-corrected chi connectivity index (χ4v) is 6.15. The summed E-state index contributed by atoms with van der Waals surface area (Å²) in [6, 6.07) is 10.7. The number of carbonyl (C=O) groups is 1. The first-order chi connectivity index (χ1) is 15.1. The number of piperidine rings is 1. The third kappa shape index (κ3) is 3.24. The molecule has 158 valence electrons. The summed E-state index contributed by atoms with van der Waals surface area (Å²) < 4.78 is 0. The van der Waals surface area contributed by atoms with Crippen molar-refractivity contribution in [2.45, 2.75) is 51.4 Å². The Morgan fingerprint density at radius 3 is 2.58 bits per heavy atom. The maximum atomic E-state index is 13.4. The molecule has 0 unspecified atom stereocenters. The first-order valence-electron chi connectivity index (χ1n) is 11.2. The summed E-state index contributed by atoms with van der Waals surface area (Å²) in [6.45, 7) is 5.70. The van der Waals surface area contributed by atoms with Gasteiger partial charge in [-0.3, -0.25) is 4.79 Å². The topological polar surface area (TPSA) is 61.9 Å². The number of thiophene rings is 1. The Kier molecular flexibility index (Phi) is 4.39. The molecule has 2 fully saturated rings. The molecule has 0 bridgehead atoms. The molecule has 4 heterocycles. The highest BCUT2D eigenvalue weighted by Gasteiger charge is 2.30. The van der Waals surface area contributed by atoms with Gasteiger partial charge in [0.25, 0.3) is 5.91 Å². The number of rotatable bonds is 3. The van der Waals surface area contributed by atoms with E-state index in [1.54, 1.807) is 11.3 Å². The van der Waals surface area contributed by atoms with Gasteiger partial charge in [0.15, 0.2) is 0 Å². The number of aryl methyl sites for hydroxylation is 2. The van der Waals surface area contributed by atoms with Gasteiger partial charge in [-0.2, -0.15) is 0 Å². The highest BCUT2D eigenvalue weighted by atomic mass is 32.1. The van der Waals surface area contributed by atoms with Gasteiger partial charge in [-0.15, -0.1) is 11.3 Å². The van der Waals surface area contributed by atoms with Gasteiger partial charge in [0, 0.05) is 41.5 Å². The number of H-pyrrole nitrogens is 1. The lowest BCUT2D eigenvalue weighted by Gasteiger charge is -2.31. The van der Waals surface area contributed by atoms with Crippen molar-refractivity contribution in [3.05, 3.63) is 58.0 Å². The molecule has 3 aromatic heterocycles. The van der Waals surface area contributed by atoms with Crippen LogP contribution in [0.25, 0.3) is 21.1 Å². The third-order valence-electron chi connectivity index (χ3n) is 6.90. The normalized spacial score (nSPS) is 17.7. The lowest BCUT2D eigenvalue weighted by molar-refractivity contribution is 0.0716. The zero-order valence-electron chi connectivity index (χ0n) is 17.9. The second-order valence-corrected chi connectivity index (χ2v) is 10.1. The maximum Gasteiger partial charge on any atom is 0.264 e. The number of para-hydroxylation sites is 1. The molecule has 1 saturated carbocycles. The van der Waals surface area contributed by atoms with E-state index in [0.717, 1.165) is 58.1 Å². The highest BCUT2D eigenvalue weighted by molar-refractivity contribution is 7.20. The fourth-order valence-electron chi connectivity index (χ4n) is 4.94. The number of hydrogen-bond donors (Lipinski definition) is 1. The molecule has 1 aromatic carbocycles. The predicted molar refractivity (Wildman–Crippen MR) is 125 cm³/mol. The summed E-state index contributed by atoms with van der Waals surface area (Å²) in [5.74, 6) is 2.12. The van der Waals surface area contributed by atoms with E-state index in [4.69, 9.17) is 9.97 Å². The number of amides is 1. The van der Waals surface area contributed by atoms with Crippen molar-refractivity contribution in [3.8, 4) is 0 Å². The Bertz CT molecular complexity index is 1280. The van der Waals surface area contributed by atoms with Gasteiger partial charge in [0.2, 0.25) is 0 Å². The van der Waals surface area contributed by atoms with Gasteiger partial charge < -0.3 is 9.88 Å². The first kappa shape index (κ1) is 19.0. The quantitative estimate of drug-likeness (QED) is 0.454. The van der Waals surface area contributed by atoms with Crippen LogP contribution < -0.4 is 0 Å². The van der Waals surface area contributed by atoms with Crippen molar-refractivity contribution >= 4 is 38.4 Å². The molecule has 4 aromatic rings. The van der Waals surface area contributed by atoms with Crippen molar-refractivity contribution < 1.29 is 4.79 Å². The van der Waals surface area contributed by atoms with Crippen LogP contribution in [0.5, 0.6) is 0 Å². The minimum Gasteiger partial charge on any atom is -0.358 e. The molecule has 1 aliphatic heterocycles. The summed E-state index contributed by atoms with van der Waals surface area (Å²) in [5, 5.41) is 2.34. The maximum absolute atomic E-state index is 13.4. The van der Waals surface area contributed by atoms with Crippen molar-refractivity contribution in [1.29, 1.82) is 0 Å². The monoisotopic (exact) mass is 430 g/mol. The van der Waals surface area contributed by atoms with E-state index in [1.807, 2.05) is 4.90 Å². The summed E-state index contributed by atoms with van der Waals surface area (Å²) in [7, 11) is 0. The number of aromatic amines is 1. The third-order valence-corrected chi connectivity index (χ3v) is 8.07. The number of hydrogen-bond acceptors (Lipinski definition) is 4. The van der Waals surface area contributed by atoms with Crippen molar-refractivity contribution in [2.24, 2.45) is 0 Å². The number of carbonyl (C=O) groups excluding carboxylic acids is 1. The van der Waals surface area contributed by atoms with Crippen LogP contribution in [0.4, 0.5) is 0 Å². The number of likely N-dealkylation sites (tertiary alicyclic amines) is 1. The van der Waals surface area contributed by atoms with Gasteiger partial charge in [-0.25, -0.2) is 9.97 Å². The van der Waals surface area contributed by atoms with E-state index >= 15 is 0 Å². The van der Waals surface area contributed by atoms with E-state index in [2.05, 4.69) is 49.2 Å². The van der Waals surface area contributed by atoms with Crippen LogP contribution in [0.3, 0.4) is 0 Å². The lowest BCUT2D eigenvalue weighted by atomic mass is 9.93. The average molecular weight is 431 g/mol. The number of nitrogens with one attached hydrogen (secondary N) is 1. The summed E-state index contributed by atoms with van der Waals surface area (Å²) >= 11 is 1.55. The molecule has 1 N–H and O–H groups in total. The predicted octanol–water partition coefficient (Wildman–Crippen LogP) is 5.69. The average Bonchev–Trinajstić information content (AvgIpc) is 3.46. The SMILES string of the molecule is Cc1nc(C2CC2)nc2sc(C(=O)N3CCC(c4cc5ccccc5[nH]4)CC3)c(C)c12. The number of aromatic nitrogens is 3. The molecule has 6 heteroatoms. The molecule has 6 rings (SSSR count). The van der Waals surface area contributed by atoms with Crippen LogP contribution >= 0.6 is 11.3 Å². The number of fused-ring (bicyclic) bond motifs is 2. The summed E-state index contributed by atoms with van der Waals surface area (Å²) in [5.41, 5.74) is 4.55. The molecule has 1 amide bonds. The molecular weight excluding hydrogens is 404 g/mol. The van der Waals surface area contributed by atoms with Crippen molar-refractivity contribution in [1.82, 2.24) is 19.9 Å². The second-order valence-electron chi connectivity index (χ2n) is 9.06. The molecule has 1 aliphatic carbocycles. The number of benzene rings is 1. The van der Waals surface area contributed by atoms with Crippen LogP contribution in [-0.2, 0) is 0 Å². The van der Waals surface area contributed by atoms with Crippen molar-refractivity contribution in [2.75, 3.05) is 13.1 Å². The van der Waals surface area contributed by atoms with E-state index < -0.39 is 0 Å². The van der Waals surface area contributed by atoms with E-state index in [0.29, 0.717) is 11.8 Å². The Morgan fingerprint density at radius 2 is 1.84 bits per heavy atom. The van der Waals surface area contributed by atoms with Crippen LogP contribution in [0.1, 0.15) is 70.0 Å². The number of nitrogens with zero attached hydrogens (tertiary/aromatic N) is 3. The molecule has 0 radical (unpaired) electrons. The van der Waals surface area contributed by atoms with Crippen LogP contribution in [0.15, 0.2) is 30.3 Å². The molecule has 0 spiro atoms. The Balaban J connectivity index is 1.22. The van der Waals surface area contributed by atoms with Crippen LogP contribution in [0, 0.1) is 13.8 Å². The van der Waals surface area contributed by atoms with E-state index in [-0.39, 0.29) is 5.91 Å². The zero-order valence-corrected chi connectivity index (χ0v) is 18.8. The smallest absolute Gasteiger partial charge is 0.264 e. The molecule has 5 nitrogen and oxygen atoms in total. The van der Waals surface area contributed by atoms with Crippen LogP contribution in [0.2, 0.25) is 0 Å². The standard InChI is InChI=1S/C25H26N4OS/c1-14-21-15(2)26-23(17-7-8-17)28-24(21)31-22(14)25(30)29-11-9-16(10-12-29)20-13-18-5-3-4-6-19(18)27-20/h3-6,13,16-17,27H,7-12H2,1-2H3. The van der Waals surface area contributed by atoms with Gasteiger partial charge >= 0.3 is 0 Å². The lowest BCUT2D eigenvalue weighted by Crippen LogP contribution is -2.37. The van der Waals surface area contributed by atoms with Gasteiger partial charge in [0.1, 0.15) is 10.7 Å².